The van der Waals surface area contributed by atoms with Gasteiger partial charge in [-0.1, -0.05) is 26.0 Å². The lowest BCUT2D eigenvalue weighted by atomic mass is 9.99. The molecule has 0 fully saturated rings. The minimum atomic E-state index is -0.0104. The highest BCUT2D eigenvalue weighted by molar-refractivity contribution is 5.95. The number of H-pyrrole nitrogens is 1. The zero-order chi connectivity index (χ0) is 17.4. The quantitative estimate of drug-likeness (QED) is 0.563. The molecule has 1 aromatic carbocycles. The summed E-state index contributed by atoms with van der Waals surface area (Å²) < 4.78 is 0. The number of nitrogens with zero attached hydrogens (tertiary/aromatic N) is 2. The van der Waals surface area contributed by atoms with Gasteiger partial charge < -0.3 is 10.7 Å². The fourth-order valence-corrected chi connectivity index (χ4v) is 3.36. The molecule has 0 aliphatic heterocycles. The highest BCUT2D eigenvalue weighted by Crippen LogP contribution is 2.29. The summed E-state index contributed by atoms with van der Waals surface area (Å²) in [6, 6.07) is 14.7. The Morgan fingerprint density at radius 1 is 1.08 bits per heavy atom. The predicted molar refractivity (Wildman–Crippen MR) is 103 cm³/mol. The van der Waals surface area contributed by atoms with Gasteiger partial charge in [-0.25, -0.2) is 4.98 Å². The van der Waals surface area contributed by atoms with Gasteiger partial charge in [-0.2, -0.15) is 0 Å². The van der Waals surface area contributed by atoms with Crippen LogP contribution in [0, 0.1) is 5.92 Å². The van der Waals surface area contributed by atoms with Crippen molar-refractivity contribution in [1.82, 2.24) is 15.0 Å². The molecule has 3 heterocycles. The third kappa shape index (κ3) is 3.01. The highest BCUT2D eigenvalue weighted by atomic mass is 14.8. The van der Waals surface area contributed by atoms with Crippen LogP contribution >= 0.6 is 0 Å². The van der Waals surface area contributed by atoms with E-state index in [1.54, 1.807) is 0 Å². The third-order valence-corrected chi connectivity index (χ3v) is 4.59. The Morgan fingerprint density at radius 2 is 1.96 bits per heavy atom. The van der Waals surface area contributed by atoms with E-state index in [0.717, 1.165) is 34.1 Å². The minimum absolute atomic E-state index is 0.0104. The first-order valence-electron chi connectivity index (χ1n) is 8.70. The van der Waals surface area contributed by atoms with Crippen molar-refractivity contribution in [1.29, 1.82) is 0 Å². The molecule has 3 N–H and O–H groups in total. The number of pyridine rings is 2. The molecule has 0 amide bonds. The molecular weight excluding hydrogens is 308 g/mol. The molecule has 4 heteroatoms. The second-order valence-corrected chi connectivity index (χ2v) is 6.98. The summed E-state index contributed by atoms with van der Waals surface area (Å²) in [5.41, 5.74) is 11.5. The molecule has 4 nitrogen and oxygen atoms in total. The van der Waals surface area contributed by atoms with Gasteiger partial charge in [-0.15, -0.1) is 0 Å². The van der Waals surface area contributed by atoms with Gasteiger partial charge in [0.1, 0.15) is 5.65 Å². The molecule has 25 heavy (non-hydrogen) atoms. The molecule has 1 unspecified atom stereocenters. The van der Waals surface area contributed by atoms with Crippen LogP contribution < -0.4 is 5.73 Å². The second kappa shape index (κ2) is 6.30. The van der Waals surface area contributed by atoms with Gasteiger partial charge in [-0.3, -0.25) is 4.98 Å². The SMILES string of the molecule is CC(C)CC(N)c1ccc2cc(-c3ccnc4[nH]ccc34)ccc2n1. The van der Waals surface area contributed by atoms with Gasteiger partial charge >= 0.3 is 0 Å². The van der Waals surface area contributed by atoms with Crippen molar-refractivity contribution in [2.75, 3.05) is 0 Å². The lowest BCUT2D eigenvalue weighted by Gasteiger charge is -2.14. The Kier molecular flexibility index (Phi) is 3.98. The molecular formula is C21H22N4. The van der Waals surface area contributed by atoms with Crippen molar-refractivity contribution in [2.45, 2.75) is 26.3 Å². The Hall–Kier alpha value is -2.72. The summed E-state index contributed by atoms with van der Waals surface area (Å²) in [5, 5.41) is 2.25. The Labute approximate surface area is 147 Å². The Bertz CT molecular complexity index is 1030. The van der Waals surface area contributed by atoms with Crippen molar-refractivity contribution < 1.29 is 0 Å². The van der Waals surface area contributed by atoms with Crippen LogP contribution in [0.25, 0.3) is 33.1 Å². The average molecular weight is 330 g/mol. The fraction of sp³-hybridized carbons (Fsp3) is 0.238. The van der Waals surface area contributed by atoms with Gasteiger partial charge in [0, 0.05) is 29.2 Å². The maximum absolute atomic E-state index is 6.29. The van der Waals surface area contributed by atoms with Crippen molar-refractivity contribution in [3.63, 3.8) is 0 Å². The summed E-state index contributed by atoms with van der Waals surface area (Å²) in [6.07, 6.45) is 4.70. The summed E-state index contributed by atoms with van der Waals surface area (Å²) in [6.45, 7) is 4.37. The molecule has 0 bridgehead atoms. The molecule has 1 atom stereocenters. The normalized spacial score (nSPS) is 13.0. The van der Waals surface area contributed by atoms with Crippen LogP contribution in [0.15, 0.2) is 54.9 Å². The van der Waals surface area contributed by atoms with E-state index in [-0.39, 0.29) is 6.04 Å². The van der Waals surface area contributed by atoms with Crippen molar-refractivity contribution in [3.8, 4) is 11.1 Å². The van der Waals surface area contributed by atoms with Crippen LogP contribution in [0.5, 0.6) is 0 Å². The molecule has 0 radical (unpaired) electrons. The number of benzene rings is 1. The topological polar surface area (TPSA) is 67.6 Å². The first-order valence-corrected chi connectivity index (χ1v) is 8.70. The Balaban J connectivity index is 1.75. The number of hydrogen-bond acceptors (Lipinski definition) is 3. The van der Waals surface area contributed by atoms with E-state index in [1.807, 2.05) is 12.4 Å². The number of aromatic amines is 1. The van der Waals surface area contributed by atoms with Crippen LogP contribution in [-0.4, -0.2) is 15.0 Å². The number of aromatic nitrogens is 3. The highest BCUT2D eigenvalue weighted by Gasteiger charge is 2.11. The van der Waals surface area contributed by atoms with Crippen LogP contribution in [0.3, 0.4) is 0 Å². The number of hydrogen-bond donors (Lipinski definition) is 2. The molecule has 0 aliphatic rings. The number of nitrogens with one attached hydrogen (secondary N) is 1. The zero-order valence-corrected chi connectivity index (χ0v) is 14.5. The molecule has 126 valence electrons. The lowest BCUT2D eigenvalue weighted by molar-refractivity contribution is 0.503. The minimum Gasteiger partial charge on any atom is -0.346 e. The van der Waals surface area contributed by atoms with Gasteiger partial charge in [0.25, 0.3) is 0 Å². The van der Waals surface area contributed by atoms with Crippen LogP contribution in [0.1, 0.15) is 32.0 Å². The van der Waals surface area contributed by atoms with Gasteiger partial charge in [0.15, 0.2) is 0 Å². The van der Waals surface area contributed by atoms with Crippen molar-refractivity contribution >= 4 is 21.9 Å². The number of nitrogens with two attached hydrogens (primary N) is 1. The van der Waals surface area contributed by atoms with E-state index in [2.05, 4.69) is 66.3 Å². The summed E-state index contributed by atoms with van der Waals surface area (Å²) in [4.78, 5) is 12.3. The first-order chi connectivity index (χ1) is 12.1. The van der Waals surface area contributed by atoms with Crippen molar-refractivity contribution in [2.24, 2.45) is 11.7 Å². The van der Waals surface area contributed by atoms with Gasteiger partial charge in [0.05, 0.1) is 11.2 Å². The first kappa shape index (κ1) is 15.8. The van der Waals surface area contributed by atoms with Crippen LogP contribution in [0.4, 0.5) is 0 Å². The number of rotatable bonds is 4. The van der Waals surface area contributed by atoms with Crippen molar-refractivity contribution in [3.05, 3.63) is 60.6 Å². The maximum atomic E-state index is 6.29. The fourth-order valence-electron chi connectivity index (χ4n) is 3.36. The lowest BCUT2D eigenvalue weighted by Crippen LogP contribution is -2.14. The van der Waals surface area contributed by atoms with Crippen LogP contribution in [-0.2, 0) is 0 Å². The maximum Gasteiger partial charge on any atom is 0.137 e. The van der Waals surface area contributed by atoms with E-state index in [1.165, 1.54) is 11.1 Å². The van der Waals surface area contributed by atoms with E-state index in [0.29, 0.717) is 5.92 Å². The molecule has 4 rings (SSSR count). The second-order valence-electron chi connectivity index (χ2n) is 6.98. The average Bonchev–Trinajstić information content (AvgIpc) is 3.09. The summed E-state index contributed by atoms with van der Waals surface area (Å²) >= 11 is 0. The van der Waals surface area contributed by atoms with Gasteiger partial charge in [0.2, 0.25) is 0 Å². The predicted octanol–water partition coefficient (Wildman–Crippen LogP) is 4.82. The molecule has 0 saturated carbocycles. The van der Waals surface area contributed by atoms with Crippen LogP contribution in [0.2, 0.25) is 0 Å². The van der Waals surface area contributed by atoms with Gasteiger partial charge in [-0.05, 0) is 53.8 Å². The molecule has 0 spiro atoms. The molecule has 3 aromatic heterocycles. The van der Waals surface area contributed by atoms with E-state index >= 15 is 0 Å². The zero-order valence-electron chi connectivity index (χ0n) is 14.5. The molecule has 0 saturated heterocycles. The van der Waals surface area contributed by atoms with E-state index in [9.17, 15) is 0 Å². The smallest absolute Gasteiger partial charge is 0.137 e. The standard InChI is InChI=1S/C21H22N4/c1-13(2)11-18(22)20-6-4-15-12-14(3-5-19(15)25-20)16-7-9-23-21-17(16)8-10-24-21/h3-10,12-13,18H,11,22H2,1-2H3,(H,23,24). The van der Waals surface area contributed by atoms with E-state index in [4.69, 9.17) is 10.7 Å². The summed E-state index contributed by atoms with van der Waals surface area (Å²) in [5.74, 6) is 0.560. The number of fused-ring (bicyclic) bond motifs is 2. The summed E-state index contributed by atoms with van der Waals surface area (Å²) in [7, 11) is 0. The third-order valence-electron chi connectivity index (χ3n) is 4.59. The Morgan fingerprint density at radius 3 is 2.80 bits per heavy atom. The van der Waals surface area contributed by atoms with E-state index < -0.39 is 0 Å². The monoisotopic (exact) mass is 330 g/mol. The largest absolute Gasteiger partial charge is 0.346 e. The molecule has 4 aromatic rings. The molecule has 0 aliphatic carbocycles.